The Hall–Kier alpha value is -2.65. The van der Waals surface area contributed by atoms with Gasteiger partial charge in [0.1, 0.15) is 5.82 Å². The molecule has 32 heavy (non-hydrogen) atoms. The number of benzene rings is 1. The molecule has 1 aromatic heterocycles. The van der Waals surface area contributed by atoms with Gasteiger partial charge >= 0.3 is 6.18 Å². The predicted octanol–water partition coefficient (Wildman–Crippen LogP) is 2.57. The lowest BCUT2D eigenvalue weighted by Gasteiger charge is -2.38. The minimum Gasteiger partial charge on any atom is -0.353 e. The first-order valence-corrected chi connectivity index (χ1v) is 10.9. The highest BCUT2D eigenvalue weighted by Gasteiger charge is 2.31. The number of nitrogens with zero attached hydrogens (tertiary/aromatic N) is 5. The van der Waals surface area contributed by atoms with Crippen LogP contribution in [0.3, 0.4) is 0 Å². The number of carbonyl (C=O) groups is 1. The first-order valence-electron chi connectivity index (χ1n) is 10.9. The maximum Gasteiger partial charge on any atom is 0.417 e. The summed E-state index contributed by atoms with van der Waals surface area (Å²) >= 11 is 0. The summed E-state index contributed by atoms with van der Waals surface area (Å²) in [5.74, 6) is 0.626. The molecular weight excluding hydrogens is 419 g/mol. The molecule has 9 heteroatoms. The Morgan fingerprint density at radius 3 is 2.09 bits per heavy atom. The topological polar surface area (TPSA) is 42.9 Å². The highest BCUT2D eigenvalue weighted by Crippen LogP contribution is 2.29. The molecule has 2 aliphatic rings. The number of carbonyl (C=O) groups excluding carboxylic acids is 1. The van der Waals surface area contributed by atoms with E-state index in [1.807, 2.05) is 15.9 Å². The molecule has 2 aromatic rings. The number of amides is 1. The average molecular weight is 448 g/mol. The van der Waals surface area contributed by atoms with E-state index in [2.05, 4.69) is 39.0 Å². The van der Waals surface area contributed by atoms with Gasteiger partial charge < -0.3 is 9.80 Å². The van der Waals surface area contributed by atoms with Gasteiger partial charge in [-0.2, -0.15) is 13.2 Å². The van der Waals surface area contributed by atoms with Crippen LogP contribution in [-0.4, -0.2) is 84.5 Å². The average Bonchev–Trinajstić information content (AvgIpc) is 2.81. The van der Waals surface area contributed by atoms with Crippen molar-refractivity contribution in [2.45, 2.75) is 12.7 Å². The van der Waals surface area contributed by atoms with Gasteiger partial charge in [0, 0.05) is 65.1 Å². The maximum absolute atomic E-state index is 12.7. The number of pyridine rings is 1. The largest absolute Gasteiger partial charge is 0.417 e. The Labute approximate surface area is 186 Å². The number of hydrogen-bond acceptors (Lipinski definition) is 5. The second-order valence-electron chi connectivity index (χ2n) is 8.31. The first kappa shape index (κ1) is 22.5. The molecule has 172 valence electrons. The van der Waals surface area contributed by atoms with Crippen molar-refractivity contribution in [2.75, 3.05) is 63.8 Å². The first-order chi connectivity index (χ1) is 15.4. The second kappa shape index (κ2) is 9.87. The Bertz CT molecular complexity index is 875. The van der Waals surface area contributed by atoms with Crippen molar-refractivity contribution >= 4 is 11.7 Å². The lowest BCUT2D eigenvalue weighted by molar-refractivity contribution is -0.138. The van der Waals surface area contributed by atoms with Crippen molar-refractivity contribution in [1.29, 1.82) is 0 Å². The summed E-state index contributed by atoms with van der Waals surface area (Å²) < 4.78 is 38.1. The van der Waals surface area contributed by atoms with E-state index < -0.39 is 11.7 Å². The standard InChI is InChI=1S/C23H28F3N5O/c24-23(25,26)20-6-7-21(27-16-20)30-12-14-31(15-13-30)22(32)18-29-10-8-28(9-11-29)17-19-4-2-1-3-5-19/h1-7,16H,8-15,17-18H2. The van der Waals surface area contributed by atoms with Crippen molar-refractivity contribution in [3.63, 3.8) is 0 Å². The molecule has 2 fully saturated rings. The van der Waals surface area contributed by atoms with Crippen LogP contribution in [0.25, 0.3) is 0 Å². The van der Waals surface area contributed by atoms with Gasteiger partial charge in [-0.1, -0.05) is 30.3 Å². The smallest absolute Gasteiger partial charge is 0.353 e. The summed E-state index contributed by atoms with van der Waals surface area (Å²) in [7, 11) is 0. The normalized spacial score (nSPS) is 18.7. The lowest BCUT2D eigenvalue weighted by Crippen LogP contribution is -2.53. The van der Waals surface area contributed by atoms with E-state index in [9.17, 15) is 18.0 Å². The van der Waals surface area contributed by atoms with Gasteiger partial charge in [0.15, 0.2) is 0 Å². The minimum atomic E-state index is -4.39. The van der Waals surface area contributed by atoms with E-state index in [0.29, 0.717) is 38.5 Å². The quantitative estimate of drug-likeness (QED) is 0.705. The van der Waals surface area contributed by atoms with Crippen LogP contribution in [0, 0.1) is 0 Å². The number of aromatic nitrogens is 1. The van der Waals surface area contributed by atoms with Gasteiger partial charge in [0.05, 0.1) is 12.1 Å². The molecule has 0 radical (unpaired) electrons. The molecule has 0 spiro atoms. The molecule has 3 heterocycles. The summed E-state index contributed by atoms with van der Waals surface area (Å²) in [4.78, 5) is 25.1. The number of halogens is 3. The summed E-state index contributed by atoms with van der Waals surface area (Å²) in [6, 6.07) is 12.8. The Morgan fingerprint density at radius 1 is 0.844 bits per heavy atom. The molecule has 0 bridgehead atoms. The monoisotopic (exact) mass is 447 g/mol. The van der Waals surface area contributed by atoms with E-state index in [4.69, 9.17) is 0 Å². The van der Waals surface area contributed by atoms with Gasteiger partial charge in [0.25, 0.3) is 0 Å². The number of rotatable bonds is 5. The van der Waals surface area contributed by atoms with Gasteiger partial charge in [-0.25, -0.2) is 4.98 Å². The van der Waals surface area contributed by atoms with Gasteiger partial charge in [0.2, 0.25) is 5.91 Å². The molecule has 0 saturated carbocycles. The van der Waals surface area contributed by atoms with E-state index >= 15 is 0 Å². The predicted molar refractivity (Wildman–Crippen MR) is 116 cm³/mol. The van der Waals surface area contributed by atoms with Crippen LogP contribution in [0.4, 0.5) is 19.0 Å². The third kappa shape index (κ3) is 5.77. The van der Waals surface area contributed by atoms with Crippen molar-refractivity contribution in [3.05, 3.63) is 59.8 Å². The third-order valence-corrected chi connectivity index (χ3v) is 6.10. The lowest BCUT2D eigenvalue weighted by atomic mass is 10.2. The van der Waals surface area contributed by atoms with Crippen LogP contribution in [0.5, 0.6) is 0 Å². The fourth-order valence-electron chi connectivity index (χ4n) is 4.16. The molecule has 0 atom stereocenters. The fraction of sp³-hybridized carbons (Fsp3) is 0.478. The molecule has 2 aliphatic heterocycles. The van der Waals surface area contributed by atoms with Crippen molar-refractivity contribution < 1.29 is 18.0 Å². The van der Waals surface area contributed by atoms with Crippen LogP contribution in [0.1, 0.15) is 11.1 Å². The van der Waals surface area contributed by atoms with Gasteiger partial charge in [-0.3, -0.25) is 14.6 Å². The Morgan fingerprint density at radius 2 is 1.50 bits per heavy atom. The summed E-state index contributed by atoms with van der Waals surface area (Å²) in [5.41, 5.74) is 0.552. The molecule has 0 N–H and O–H groups in total. The molecule has 2 saturated heterocycles. The number of hydrogen-bond donors (Lipinski definition) is 0. The summed E-state index contributed by atoms with van der Waals surface area (Å²) in [5, 5.41) is 0. The number of alkyl halides is 3. The molecular formula is C23H28F3N5O. The third-order valence-electron chi connectivity index (χ3n) is 6.10. The highest BCUT2D eigenvalue weighted by atomic mass is 19.4. The zero-order valence-electron chi connectivity index (χ0n) is 18.0. The Balaban J connectivity index is 1.20. The van der Waals surface area contributed by atoms with E-state index in [-0.39, 0.29) is 5.91 Å². The van der Waals surface area contributed by atoms with E-state index in [1.54, 1.807) is 0 Å². The second-order valence-corrected chi connectivity index (χ2v) is 8.31. The summed E-state index contributed by atoms with van der Waals surface area (Å²) in [6.45, 7) is 7.20. The van der Waals surface area contributed by atoms with Gasteiger partial charge in [-0.15, -0.1) is 0 Å². The molecule has 4 rings (SSSR count). The SMILES string of the molecule is O=C(CN1CCN(Cc2ccccc2)CC1)N1CCN(c2ccc(C(F)(F)F)cn2)CC1. The van der Waals surface area contributed by atoms with Crippen LogP contribution in [0.2, 0.25) is 0 Å². The maximum atomic E-state index is 12.7. The fourth-order valence-corrected chi connectivity index (χ4v) is 4.16. The van der Waals surface area contributed by atoms with E-state index in [0.717, 1.165) is 45.0 Å². The van der Waals surface area contributed by atoms with Crippen LogP contribution in [0.15, 0.2) is 48.7 Å². The molecule has 0 aliphatic carbocycles. The van der Waals surface area contributed by atoms with Crippen LogP contribution >= 0.6 is 0 Å². The highest BCUT2D eigenvalue weighted by molar-refractivity contribution is 5.78. The molecule has 6 nitrogen and oxygen atoms in total. The van der Waals surface area contributed by atoms with Crippen molar-refractivity contribution in [3.8, 4) is 0 Å². The van der Waals surface area contributed by atoms with Gasteiger partial charge in [-0.05, 0) is 17.7 Å². The Kier molecular flexibility index (Phi) is 6.95. The minimum absolute atomic E-state index is 0.113. The van der Waals surface area contributed by atoms with E-state index in [1.165, 1.54) is 11.6 Å². The summed E-state index contributed by atoms with van der Waals surface area (Å²) in [6.07, 6.45) is -3.52. The molecule has 1 amide bonds. The van der Waals surface area contributed by atoms with Crippen molar-refractivity contribution in [1.82, 2.24) is 19.7 Å². The number of piperazine rings is 2. The molecule has 1 aromatic carbocycles. The van der Waals surface area contributed by atoms with Crippen molar-refractivity contribution in [2.24, 2.45) is 0 Å². The zero-order chi connectivity index (χ0) is 22.6. The molecule has 0 unspecified atom stereocenters. The van der Waals surface area contributed by atoms with Crippen LogP contribution in [-0.2, 0) is 17.5 Å². The zero-order valence-corrected chi connectivity index (χ0v) is 18.0. The number of anilines is 1. The van der Waals surface area contributed by atoms with Crippen LogP contribution < -0.4 is 4.90 Å².